The van der Waals surface area contributed by atoms with Crippen LogP contribution in [0.4, 0.5) is 4.39 Å². The van der Waals surface area contributed by atoms with Crippen LogP contribution in [0.2, 0.25) is 0 Å². The Morgan fingerprint density at radius 1 is 1.32 bits per heavy atom. The summed E-state index contributed by atoms with van der Waals surface area (Å²) in [6.07, 6.45) is 0.601. The first-order valence-corrected chi connectivity index (χ1v) is 8.07. The highest BCUT2D eigenvalue weighted by Gasteiger charge is 2.11. The minimum atomic E-state index is -3.05. The van der Waals surface area contributed by atoms with E-state index < -0.39 is 9.84 Å². The maximum absolute atomic E-state index is 13.1. The highest BCUT2D eigenvalue weighted by atomic mass is 32.2. The fraction of sp³-hybridized carbons (Fsp3) is 0.538. The summed E-state index contributed by atoms with van der Waals surface area (Å²) < 4.78 is 41.6. The number of halogens is 1. The number of hydrogen-bond acceptors (Lipinski definition) is 4. The van der Waals surface area contributed by atoms with E-state index in [0.29, 0.717) is 24.3 Å². The molecule has 0 aliphatic carbocycles. The Morgan fingerprint density at radius 3 is 2.68 bits per heavy atom. The molecule has 0 aliphatic heterocycles. The SMILES string of the molecule is CCCS(=O)(=O)CCOc1ccc(F)cc1CNC. The van der Waals surface area contributed by atoms with Crippen LogP contribution in [0.3, 0.4) is 0 Å². The van der Waals surface area contributed by atoms with Gasteiger partial charge in [-0.15, -0.1) is 0 Å². The van der Waals surface area contributed by atoms with E-state index >= 15 is 0 Å². The van der Waals surface area contributed by atoms with Crippen LogP contribution in [-0.2, 0) is 16.4 Å². The maximum atomic E-state index is 13.1. The smallest absolute Gasteiger partial charge is 0.153 e. The third-order valence-electron chi connectivity index (χ3n) is 2.56. The van der Waals surface area contributed by atoms with Crippen LogP contribution in [0, 0.1) is 5.82 Å². The summed E-state index contributed by atoms with van der Waals surface area (Å²) in [4.78, 5) is 0. The maximum Gasteiger partial charge on any atom is 0.153 e. The lowest BCUT2D eigenvalue weighted by atomic mass is 10.2. The predicted molar refractivity (Wildman–Crippen MR) is 73.6 cm³/mol. The molecule has 0 aromatic heterocycles. The van der Waals surface area contributed by atoms with Crippen molar-refractivity contribution in [2.75, 3.05) is 25.2 Å². The van der Waals surface area contributed by atoms with Crippen molar-refractivity contribution >= 4 is 9.84 Å². The van der Waals surface area contributed by atoms with Gasteiger partial charge in [-0.05, 0) is 31.7 Å². The molecular weight excluding hydrogens is 269 g/mol. The molecule has 19 heavy (non-hydrogen) atoms. The monoisotopic (exact) mass is 289 g/mol. The standard InChI is InChI=1S/C13H20FNO3S/c1-3-7-19(16,17)8-6-18-13-5-4-12(14)9-11(13)10-15-2/h4-5,9,15H,3,6-8,10H2,1-2H3. The van der Waals surface area contributed by atoms with Gasteiger partial charge in [-0.25, -0.2) is 12.8 Å². The zero-order chi connectivity index (χ0) is 14.3. The van der Waals surface area contributed by atoms with Crippen molar-refractivity contribution in [3.8, 4) is 5.75 Å². The van der Waals surface area contributed by atoms with E-state index in [1.54, 1.807) is 7.05 Å². The number of ether oxygens (including phenoxy) is 1. The molecule has 0 radical (unpaired) electrons. The van der Waals surface area contributed by atoms with Crippen molar-refractivity contribution in [3.05, 3.63) is 29.6 Å². The molecule has 108 valence electrons. The zero-order valence-electron chi connectivity index (χ0n) is 11.3. The van der Waals surface area contributed by atoms with Gasteiger partial charge in [0.25, 0.3) is 0 Å². The second kappa shape index (κ2) is 7.45. The van der Waals surface area contributed by atoms with Crippen molar-refractivity contribution in [1.29, 1.82) is 0 Å². The number of sulfone groups is 1. The largest absolute Gasteiger partial charge is 0.492 e. The fourth-order valence-electron chi connectivity index (χ4n) is 1.71. The number of nitrogens with one attached hydrogen (secondary N) is 1. The Balaban J connectivity index is 2.62. The van der Waals surface area contributed by atoms with Gasteiger partial charge in [-0.3, -0.25) is 0 Å². The Hall–Kier alpha value is -1.14. The molecule has 0 saturated carbocycles. The molecule has 1 aromatic rings. The summed E-state index contributed by atoms with van der Waals surface area (Å²) in [5.74, 6) is 0.332. The van der Waals surface area contributed by atoms with E-state index in [1.807, 2.05) is 6.92 Å². The van der Waals surface area contributed by atoms with Crippen molar-refractivity contribution in [2.45, 2.75) is 19.9 Å². The average molecular weight is 289 g/mol. The van der Waals surface area contributed by atoms with E-state index in [4.69, 9.17) is 4.74 Å². The van der Waals surface area contributed by atoms with Gasteiger partial charge in [-0.2, -0.15) is 0 Å². The molecule has 0 spiro atoms. The third kappa shape index (κ3) is 5.57. The van der Waals surface area contributed by atoms with Gasteiger partial charge in [0.15, 0.2) is 9.84 Å². The molecule has 4 nitrogen and oxygen atoms in total. The average Bonchev–Trinajstić information content (AvgIpc) is 2.32. The van der Waals surface area contributed by atoms with E-state index in [0.717, 1.165) is 0 Å². The molecule has 0 heterocycles. The van der Waals surface area contributed by atoms with Gasteiger partial charge in [0.05, 0.1) is 11.5 Å². The zero-order valence-corrected chi connectivity index (χ0v) is 12.1. The van der Waals surface area contributed by atoms with Crippen molar-refractivity contribution < 1.29 is 17.5 Å². The van der Waals surface area contributed by atoms with E-state index in [9.17, 15) is 12.8 Å². The van der Waals surface area contributed by atoms with Crippen LogP contribution < -0.4 is 10.1 Å². The molecule has 0 saturated heterocycles. The van der Waals surface area contributed by atoms with Gasteiger partial charge in [0.2, 0.25) is 0 Å². The summed E-state index contributed by atoms with van der Waals surface area (Å²) >= 11 is 0. The molecular formula is C13H20FNO3S. The van der Waals surface area contributed by atoms with E-state index in [-0.39, 0.29) is 23.9 Å². The summed E-state index contributed by atoms with van der Waals surface area (Å²) in [5.41, 5.74) is 0.676. The van der Waals surface area contributed by atoms with Crippen LogP contribution in [0.5, 0.6) is 5.75 Å². The molecule has 1 N–H and O–H groups in total. The van der Waals surface area contributed by atoms with Crippen LogP contribution in [0.1, 0.15) is 18.9 Å². The van der Waals surface area contributed by atoms with E-state index in [1.165, 1.54) is 18.2 Å². The van der Waals surface area contributed by atoms with Gasteiger partial charge in [0, 0.05) is 12.1 Å². The molecule has 0 atom stereocenters. The van der Waals surface area contributed by atoms with Gasteiger partial charge < -0.3 is 10.1 Å². The number of rotatable bonds is 8. The van der Waals surface area contributed by atoms with Gasteiger partial charge >= 0.3 is 0 Å². The summed E-state index contributed by atoms with van der Waals surface area (Å²) in [5, 5.41) is 2.91. The van der Waals surface area contributed by atoms with Crippen LogP contribution >= 0.6 is 0 Å². The quantitative estimate of drug-likeness (QED) is 0.792. The summed E-state index contributed by atoms with van der Waals surface area (Å²) in [6.45, 7) is 2.38. The molecule has 1 aromatic carbocycles. The van der Waals surface area contributed by atoms with Crippen LogP contribution in [-0.4, -0.2) is 33.6 Å². The molecule has 0 fully saturated rings. The van der Waals surface area contributed by atoms with E-state index in [2.05, 4.69) is 5.32 Å². The Morgan fingerprint density at radius 2 is 2.05 bits per heavy atom. The molecule has 0 amide bonds. The first-order chi connectivity index (χ1) is 8.98. The molecule has 0 aliphatic rings. The number of benzene rings is 1. The lowest BCUT2D eigenvalue weighted by molar-refractivity contribution is 0.335. The molecule has 1 rings (SSSR count). The second-order valence-electron chi connectivity index (χ2n) is 4.28. The number of hydrogen-bond donors (Lipinski definition) is 1. The normalized spacial score (nSPS) is 11.5. The lowest BCUT2D eigenvalue weighted by Crippen LogP contribution is -2.17. The van der Waals surface area contributed by atoms with Crippen molar-refractivity contribution in [3.63, 3.8) is 0 Å². The fourth-order valence-corrected chi connectivity index (χ4v) is 2.87. The third-order valence-corrected chi connectivity index (χ3v) is 4.38. The minimum Gasteiger partial charge on any atom is -0.492 e. The predicted octanol–water partition coefficient (Wildman–Crippen LogP) is 1.75. The van der Waals surface area contributed by atoms with Crippen LogP contribution in [0.25, 0.3) is 0 Å². The first kappa shape index (κ1) is 15.9. The highest BCUT2D eigenvalue weighted by Crippen LogP contribution is 2.19. The second-order valence-corrected chi connectivity index (χ2v) is 6.59. The molecule has 0 unspecified atom stereocenters. The molecule has 0 bridgehead atoms. The lowest BCUT2D eigenvalue weighted by Gasteiger charge is -2.11. The minimum absolute atomic E-state index is 0.0167. The summed E-state index contributed by atoms with van der Waals surface area (Å²) in [7, 11) is -1.30. The van der Waals surface area contributed by atoms with Gasteiger partial charge in [-0.1, -0.05) is 6.92 Å². The first-order valence-electron chi connectivity index (χ1n) is 6.24. The molecule has 6 heteroatoms. The topological polar surface area (TPSA) is 55.4 Å². The van der Waals surface area contributed by atoms with Crippen LogP contribution in [0.15, 0.2) is 18.2 Å². The Bertz CT molecular complexity index is 503. The summed E-state index contributed by atoms with van der Waals surface area (Å²) in [6, 6.07) is 4.20. The Kier molecular flexibility index (Phi) is 6.24. The Labute approximate surface area is 113 Å². The van der Waals surface area contributed by atoms with Crippen molar-refractivity contribution in [1.82, 2.24) is 5.32 Å². The van der Waals surface area contributed by atoms with Crippen molar-refractivity contribution in [2.24, 2.45) is 0 Å². The highest BCUT2D eigenvalue weighted by molar-refractivity contribution is 7.91. The van der Waals surface area contributed by atoms with Gasteiger partial charge in [0.1, 0.15) is 18.2 Å².